The largest absolute Gasteiger partial charge is 0.381 e. The zero-order chi connectivity index (χ0) is 14.5. The number of aromatic nitrogens is 1. The lowest BCUT2D eigenvalue weighted by Gasteiger charge is -2.29. The Labute approximate surface area is 129 Å². The molecule has 1 saturated heterocycles. The van der Waals surface area contributed by atoms with Gasteiger partial charge in [-0.15, -0.1) is 0 Å². The van der Waals surface area contributed by atoms with Crippen molar-refractivity contribution in [1.29, 1.82) is 0 Å². The Morgan fingerprint density at radius 1 is 1.24 bits per heavy atom. The zero-order valence-corrected chi connectivity index (χ0v) is 12.5. The lowest BCUT2D eigenvalue weighted by molar-refractivity contribution is 0.122. The first-order chi connectivity index (χ1) is 10.3. The molecule has 0 atom stereocenters. The number of anilines is 2. The Hall–Kier alpha value is -1.78. The summed E-state index contributed by atoms with van der Waals surface area (Å²) < 4.78 is 5.37. The number of benzene rings is 1. The van der Waals surface area contributed by atoms with Crippen LogP contribution in [0.15, 0.2) is 42.7 Å². The maximum absolute atomic E-state index is 6.41. The van der Waals surface area contributed by atoms with Crippen molar-refractivity contribution in [2.75, 3.05) is 36.5 Å². The van der Waals surface area contributed by atoms with Gasteiger partial charge in [0.25, 0.3) is 0 Å². The van der Waals surface area contributed by atoms with Crippen molar-refractivity contribution in [3.05, 3.63) is 53.3 Å². The smallest absolute Gasteiger partial charge is 0.0660 e. The first-order valence-corrected chi connectivity index (χ1v) is 7.46. The van der Waals surface area contributed by atoms with Gasteiger partial charge in [-0.1, -0.05) is 17.7 Å². The van der Waals surface area contributed by atoms with Crippen molar-refractivity contribution in [2.24, 2.45) is 0 Å². The molecular formula is C16H18ClN3O. The molecule has 0 radical (unpaired) electrons. The predicted octanol–water partition coefficient (Wildman–Crippen LogP) is 3.18. The third-order valence-corrected chi connectivity index (χ3v) is 3.82. The number of nitrogens with zero attached hydrogens (tertiary/aromatic N) is 2. The Balaban J connectivity index is 1.66. The van der Waals surface area contributed by atoms with E-state index in [0.717, 1.165) is 54.8 Å². The third-order valence-electron chi connectivity index (χ3n) is 3.52. The van der Waals surface area contributed by atoms with E-state index >= 15 is 0 Å². The summed E-state index contributed by atoms with van der Waals surface area (Å²) in [5, 5.41) is 4.14. The average molecular weight is 304 g/mol. The second-order valence-corrected chi connectivity index (χ2v) is 5.39. The summed E-state index contributed by atoms with van der Waals surface area (Å²) in [5.74, 6) is 0. The van der Waals surface area contributed by atoms with Crippen LogP contribution in [0, 0.1) is 0 Å². The Kier molecular flexibility index (Phi) is 4.58. The van der Waals surface area contributed by atoms with Gasteiger partial charge in [-0.25, -0.2) is 0 Å². The molecule has 0 aliphatic carbocycles. The van der Waals surface area contributed by atoms with Crippen molar-refractivity contribution in [3.63, 3.8) is 0 Å². The highest BCUT2D eigenvalue weighted by atomic mass is 35.5. The molecule has 21 heavy (non-hydrogen) atoms. The number of nitrogens with one attached hydrogen (secondary N) is 1. The molecule has 0 saturated carbocycles. The highest BCUT2D eigenvalue weighted by Crippen LogP contribution is 2.29. The number of pyridine rings is 1. The molecule has 2 aromatic rings. The monoisotopic (exact) mass is 303 g/mol. The fourth-order valence-corrected chi connectivity index (χ4v) is 2.68. The van der Waals surface area contributed by atoms with Crippen molar-refractivity contribution in [1.82, 2.24) is 4.98 Å². The van der Waals surface area contributed by atoms with Crippen LogP contribution in [0.1, 0.15) is 5.56 Å². The predicted molar refractivity (Wildman–Crippen MR) is 86.0 cm³/mol. The molecule has 4 nitrogen and oxygen atoms in total. The Morgan fingerprint density at radius 3 is 2.81 bits per heavy atom. The third kappa shape index (κ3) is 3.65. The van der Waals surface area contributed by atoms with Crippen LogP contribution in [0.3, 0.4) is 0 Å². The van der Waals surface area contributed by atoms with Gasteiger partial charge in [0, 0.05) is 37.7 Å². The van der Waals surface area contributed by atoms with Crippen LogP contribution >= 0.6 is 11.6 Å². The lowest BCUT2D eigenvalue weighted by Crippen LogP contribution is -2.36. The quantitative estimate of drug-likeness (QED) is 0.941. The molecular weight excluding hydrogens is 286 g/mol. The summed E-state index contributed by atoms with van der Waals surface area (Å²) in [7, 11) is 0. The van der Waals surface area contributed by atoms with Crippen LogP contribution in [-0.4, -0.2) is 31.3 Å². The van der Waals surface area contributed by atoms with Gasteiger partial charge in [0.2, 0.25) is 0 Å². The van der Waals surface area contributed by atoms with Crippen LogP contribution in [0.5, 0.6) is 0 Å². The van der Waals surface area contributed by atoms with E-state index in [9.17, 15) is 0 Å². The minimum Gasteiger partial charge on any atom is -0.381 e. The minimum absolute atomic E-state index is 0.737. The van der Waals surface area contributed by atoms with E-state index in [2.05, 4.69) is 27.3 Å². The van der Waals surface area contributed by atoms with Gasteiger partial charge >= 0.3 is 0 Å². The van der Waals surface area contributed by atoms with Crippen LogP contribution in [-0.2, 0) is 11.3 Å². The molecule has 1 aromatic carbocycles. The molecule has 110 valence electrons. The molecule has 1 N–H and O–H groups in total. The van der Waals surface area contributed by atoms with E-state index in [1.165, 1.54) is 0 Å². The topological polar surface area (TPSA) is 37.4 Å². The molecule has 0 unspecified atom stereocenters. The summed E-state index contributed by atoms with van der Waals surface area (Å²) in [6.07, 6.45) is 3.63. The minimum atomic E-state index is 0.737. The van der Waals surface area contributed by atoms with E-state index in [1.54, 1.807) is 6.20 Å². The first kappa shape index (κ1) is 14.2. The second-order valence-electron chi connectivity index (χ2n) is 4.98. The van der Waals surface area contributed by atoms with Gasteiger partial charge in [-0.2, -0.15) is 0 Å². The highest BCUT2D eigenvalue weighted by Gasteiger charge is 2.14. The molecule has 1 fully saturated rings. The van der Waals surface area contributed by atoms with Crippen molar-refractivity contribution >= 4 is 23.0 Å². The highest BCUT2D eigenvalue weighted by molar-refractivity contribution is 6.33. The van der Waals surface area contributed by atoms with Gasteiger partial charge in [0.05, 0.1) is 23.9 Å². The maximum Gasteiger partial charge on any atom is 0.0660 e. The Bertz CT molecular complexity index is 585. The molecule has 2 heterocycles. The summed E-state index contributed by atoms with van der Waals surface area (Å²) in [5.41, 5.74) is 3.23. The maximum atomic E-state index is 6.41. The fraction of sp³-hybridized carbons (Fsp3) is 0.312. The van der Waals surface area contributed by atoms with Gasteiger partial charge in [-0.05, 0) is 29.8 Å². The SMILES string of the molecule is Clc1cc(NCc2cccnc2)ccc1N1CCOCC1. The molecule has 0 amide bonds. The standard InChI is InChI=1S/C16H18ClN3O/c17-15-10-14(19-12-13-2-1-5-18-11-13)3-4-16(15)20-6-8-21-9-7-20/h1-5,10-11,19H,6-9,12H2. The molecule has 1 aliphatic heterocycles. The van der Waals surface area contributed by atoms with Crippen molar-refractivity contribution in [2.45, 2.75) is 6.54 Å². The zero-order valence-electron chi connectivity index (χ0n) is 11.8. The Morgan fingerprint density at radius 2 is 2.10 bits per heavy atom. The van der Waals surface area contributed by atoms with Crippen LogP contribution in [0.2, 0.25) is 5.02 Å². The van der Waals surface area contributed by atoms with Gasteiger partial charge in [0.15, 0.2) is 0 Å². The van der Waals surface area contributed by atoms with Gasteiger partial charge < -0.3 is 15.0 Å². The molecule has 5 heteroatoms. The molecule has 1 aliphatic rings. The van der Waals surface area contributed by atoms with Crippen LogP contribution in [0.25, 0.3) is 0 Å². The van der Waals surface area contributed by atoms with E-state index < -0.39 is 0 Å². The lowest BCUT2D eigenvalue weighted by atomic mass is 10.2. The molecule has 1 aromatic heterocycles. The van der Waals surface area contributed by atoms with E-state index in [1.807, 2.05) is 24.4 Å². The number of hydrogen-bond donors (Lipinski definition) is 1. The van der Waals surface area contributed by atoms with Gasteiger partial charge in [-0.3, -0.25) is 4.98 Å². The number of morpholine rings is 1. The number of ether oxygens (including phenoxy) is 1. The normalized spacial score (nSPS) is 15.0. The number of rotatable bonds is 4. The fourth-order valence-electron chi connectivity index (χ4n) is 2.38. The summed E-state index contributed by atoms with van der Waals surface area (Å²) in [4.78, 5) is 6.37. The summed E-state index contributed by atoms with van der Waals surface area (Å²) in [6.45, 7) is 4.04. The molecule has 0 bridgehead atoms. The number of hydrogen-bond acceptors (Lipinski definition) is 4. The van der Waals surface area contributed by atoms with Crippen LogP contribution < -0.4 is 10.2 Å². The van der Waals surface area contributed by atoms with E-state index in [-0.39, 0.29) is 0 Å². The van der Waals surface area contributed by atoms with Crippen molar-refractivity contribution < 1.29 is 4.74 Å². The van der Waals surface area contributed by atoms with Gasteiger partial charge in [0.1, 0.15) is 0 Å². The summed E-state index contributed by atoms with van der Waals surface area (Å²) >= 11 is 6.41. The average Bonchev–Trinajstić information content (AvgIpc) is 2.55. The molecule has 0 spiro atoms. The first-order valence-electron chi connectivity index (χ1n) is 7.08. The number of halogens is 1. The second kappa shape index (κ2) is 6.78. The molecule has 3 rings (SSSR count). The van der Waals surface area contributed by atoms with Crippen LogP contribution in [0.4, 0.5) is 11.4 Å². The summed E-state index contributed by atoms with van der Waals surface area (Å²) in [6, 6.07) is 10.1. The van der Waals surface area contributed by atoms with E-state index in [0.29, 0.717) is 0 Å². The van der Waals surface area contributed by atoms with Crippen molar-refractivity contribution in [3.8, 4) is 0 Å². The van der Waals surface area contributed by atoms with E-state index in [4.69, 9.17) is 16.3 Å².